The van der Waals surface area contributed by atoms with Gasteiger partial charge in [0.15, 0.2) is 17.5 Å². The van der Waals surface area contributed by atoms with Gasteiger partial charge in [-0.2, -0.15) is 0 Å². The van der Waals surface area contributed by atoms with Crippen LogP contribution < -0.4 is 0 Å². The molecule has 0 amide bonds. The van der Waals surface area contributed by atoms with Crippen molar-refractivity contribution in [3.8, 4) is 67.5 Å². The molecule has 11 rings (SSSR count). The Hall–Kier alpha value is -7.21. The molecule has 8 aromatic carbocycles. The second-order valence-corrected chi connectivity index (χ2v) is 15.0. The second-order valence-electron chi connectivity index (χ2n) is 13.9. The first-order chi connectivity index (χ1) is 27.8. The van der Waals surface area contributed by atoms with Crippen molar-refractivity contribution in [1.82, 2.24) is 15.0 Å². The van der Waals surface area contributed by atoms with E-state index in [1.54, 1.807) is 11.3 Å². The molecule has 0 aliphatic carbocycles. The Balaban J connectivity index is 1.12. The molecule has 11 aromatic rings. The quantitative estimate of drug-likeness (QED) is 0.171. The summed E-state index contributed by atoms with van der Waals surface area (Å²) in [5.41, 5.74) is 11.5. The lowest BCUT2D eigenvalue weighted by Gasteiger charge is -2.11. The van der Waals surface area contributed by atoms with Crippen LogP contribution in [0.1, 0.15) is 0 Å². The maximum Gasteiger partial charge on any atom is 0.165 e. The Kier molecular flexibility index (Phi) is 7.64. The van der Waals surface area contributed by atoms with E-state index in [1.165, 1.54) is 21.2 Å². The maximum absolute atomic E-state index is 6.83. The molecular formula is C51H31N3OS. The highest BCUT2D eigenvalue weighted by molar-refractivity contribution is 7.26. The van der Waals surface area contributed by atoms with E-state index in [1.807, 2.05) is 66.7 Å². The van der Waals surface area contributed by atoms with Crippen LogP contribution in [0.25, 0.3) is 110 Å². The van der Waals surface area contributed by atoms with E-state index in [0.717, 1.165) is 71.0 Å². The van der Waals surface area contributed by atoms with Crippen molar-refractivity contribution < 1.29 is 4.42 Å². The van der Waals surface area contributed by atoms with Gasteiger partial charge in [0.05, 0.1) is 0 Å². The first-order valence-electron chi connectivity index (χ1n) is 18.7. The number of rotatable bonds is 6. The van der Waals surface area contributed by atoms with Crippen LogP contribution in [0.15, 0.2) is 192 Å². The number of aromatic nitrogens is 3. The molecule has 3 aromatic heterocycles. The Morgan fingerprint density at radius 3 is 1.66 bits per heavy atom. The standard InChI is InChI=1S/C51H31N3OS/c1-4-15-32(16-5-1)35-21-12-22-36(31-35)37-29-30-39(47-46(37)40-23-10-11-27-43(40)55-47)38-24-14-28-44-45(38)41-25-13-26-42(48(41)56-44)51-53-49(33-17-6-2-7-18-33)52-50(54-51)34-19-8-3-9-20-34/h1-31H. The second kappa shape index (κ2) is 13.3. The number of hydrogen-bond acceptors (Lipinski definition) is 5. The minimum atomic E-state index is 0.648. The third-order valence-corrected chi connectivity index (χ3v) is 11.8. The zero-order valence-corrected chi connectivity index (χ0v) is 30.9. The summed E-state index contributed by atoms with van der Waals surface area (Å²) < 4.78 is 9.16. The molecule has 5 heteroatoms. The van der Waals surface area contributed by atoms with Gasteiger partial charge in [-0.1, -0.05) is 158 Å². The predicted molar refractivity (Wildman–Crippen MR) is 233 cm³/mol. The molecule has 0 atom stereocenters. The van der Waals surface area contributed by atoms with E-state index in [0.29, 0.717) is 17.5 Å². The van der Waals surface area contributed by atoms with Crippen molar-refractivity contribution in [3.05, 3.63) is 188 Å². The molecule has 0 fully saturated rings. The van der Waals surface area contributed by atoms with E-state index in [2.05, 4.69) is 121 Å². The maximum atomic E-state index is 6.83. The van der Waals surface area contributed by atoms with Gasteiger partial charge in [-0.15, -0.1) is 11.3 Å². The molecule has 56 heavy (non-hydrogen) atoms. The van der Waals surface area contributed by atoms with Crippen molar-refractivity contribution in [2.45, 2.75) is 0 Å². The topological polar surface area (TPSA) is 51.8 Å². The van der Waals surface area contributed by atoms with Crippen LogP contribution >= 0.6 is 11.3 Å². The van der Waals surface area contributed by atoms with Crippen LogP contribution in [0, 0.1) is 0 Å². The minimum absolute atomic E-state index is 0.648. The SMILES string of the molecule is c1ccc(-c2cccc(-c3ccc(-c4cccc5sc6c(-c7nc(-c8ccccc8)nc(-c8ccccc8)n7)cccc6c45)c4oc5ccccc5c34)c2)cc1. The first kappa shape index (κ1) is 32.2. The van der Waals surface area contributed by atoms with Gasteiger partial charge in [0.2, 0.25) is 0 Å². The van der Waals surface area contributed by atoms with Crippen molar-refractivity contribution in [3.63, 3.8) is 0 Å². The van der Waals surface area contributed by atoms with Crippen LogP contribution in [0.3, 0.4) is 0 Å². The average Bonchev–Trinajstić information content (AvgIpc) is 3.86. The van der Waals surface area contributed by atoms with Crippen LogP contribution in [0.5, 0.6) is 0 Å². The molecule has 3 heterocycles. The number of benzene rings is 8. The highest BCUT2D eigenvalue weighted by atomic mass is 32.1. The van der Waals surface area contributed by atoms with Gasteiger partial charge in [-0.25, -0.2) is 15.0 Å². The molecule has 0 aliphatic heterocycles. The number of furan rings is 1. The van der Waals surface area contributed by atoms with Gasteiger partial charge >= 0.3 is 0 Å². The normalized spacial score (nSPS) is 11.6. The molecule has 0 aliphatic rings. The van der Waals surface area contributed by atoms with Gasteiger partial charge in [0.25, 0.3) is 0 Å². The van der Waals surface area contributed by atoms with Crippen LogP contribution in [0.2, 0.25) is 0 Å². The van der Waals surface area contributed by atoms with Gasteiger partial charge < -0.3 is 4.42 Å². The van der Waals surface area contributed by atoms with E-state index < -0.39 is 0 Å². The molecule has 0 saturated carbocycles. The Bertz CT molecular complexity index is 3180. The Morgan fingerprint density at radius 2 is 0.911 bits per heavy atom. The summed E-state index contributed by atoms with van der Waals surface area (Å²) in [7, 11) is 0. The van der Waals surface area contributed by atoms with E-state index in [4.69, 9.17) is 19.4 Å². The molecule has 0 N–H and O–H groups in total. The summed E-state index contributed by atoms with van der Waals surface area (Å²) in [5, 5.41) is 4.57. The van der Waals surface area contributed by atoms with Crippen LogP contribution in [-0.2, 0) is 0 Å². The van der Waals surface area contributed by atoms with E-state index >= 15 is 0 Å². The molecular weight excluding hydrogens is 703 g/mol. The van der Waals surface area contributed by atoms with Crippen molar-refractivity contribution in [2.75, 3.05) is 0 Å². The van der Waals surface area contributed by atoms with Gasteiger partial charge in [-0.3, -0.25) is 0 Å². The number of hydrogen-bond donors (Lipinski definition) is 0. The monoisotopic (exact) mass is 733 g/mol. The zero-order chi connectivity index (χ0) is 37.0. The van der Waals surface area contributed by atoms with Crippen LogP contribution in [0.4, 0.5) is 0 Å². The van der Waals surface area contributed by atoms with Crippen molar-refractivity contribution >= 4 is 53.4 Å². The summed E-state index contributed by atoms with van der Waals surface area (Å²) in [6.45, 7) is 0. The molecule has 0 saturated heterocycles. The lowest BCUT2D eigenvalue weighted by atomic mass is 9.91. The number of fused-ring (bicyclic) bond motifs is 6. The number of thiophene rings is 1. The van der Waals surface area contributed by atoms with Crippen LogP contribution in [-0.4, -0.2) is 15.0 Å². The number of nitrogens with zero attached hydrogens (tertiary/aromatic N) is 3. The highest BCUT2D eigenvalue weighted by Crippen LogP contribution is 2.47. The summed E-state index contributed by atoms with van der Waals surface area (Å²) in [5.74, 6) is 1.95. The fourth-order valence-electron chi connectivity index (χ4n) is 7.96. The Labute approximate surface area is 327 Å². The summed E-state index contributed by atoms with van der Waals surface area (Å²) in [6, 6.07) is 65.6. The molecule has 262 valence electrons. The van der Waals surface area contributed by atoms with E-state index in [-0.39, 0.29) is 0 Å². The largest absolute Gasteiger partial charge is 0.455 e. The third-order valence-electron chi connectivity index (χ3n) is 10.6. The molecule has 4 nitrogen and oxygen atoms in total. The summed E-state index contributed by atoms with van der Waals surface area (Å²) >= 11 is 1.77. The lowest BCUT2D eigenvalue weighted by molar-refractivity contribution is 0.670. The first-order valence-corrected chi connectivity index (χ1v) is 19.5. The van der Waals surface area contributed by atoms with Gasteiger partial charge in [0.1, 0.15) is 11.2 Å². The fourth-order valence-corrected chi connectivity index (χ4v) is 9.19. The van der Waals surface area contributed by atoms with Gasteiger partial charge in [-0.05, 0) is 58.1 Å². The number of para-hydroxylation sites is 1. The summed E-state index contributed by atoms with van der Waals surface area (Å²) in [4.78, 5) is 15.1. The smallest absolute Gasteiger partial charge is 0.165 e. The lowest BCUT2D eigenvalue weighted by Crippen LogP contribution is -2.00. The predicted octanol–water partition coefficient (Wildman–Crippen LogP) is 14.1. The van der Waals surface area contributed by atoms with E-state index in [9.17, 15) is 0 Å². The Morgan fingerprint density at radius 1 is 0.357 bits per heavy atom. The fraction of sp³-hybridized carbons (Fsp3) is 0. The molecule has 0 radical (unpaired) electrons. The van der Waals surface area contributed by atoms with Crippen molar-refractivity contribution in [2.24, 2.45) is 0 Å². The highest BCUT2D eigenvalue weighted by Gasteiger charge is 2.22. The van der Waals surface area contributed by atoms with Crippen molar-refractivity contribution in [1.29, 1.82) is 0 Å². The third kappa shape index (κ3) is 5.40. The molecule has 0 spiro atoms. The molecule has 0 unspecified atom stereocenters. The average molecular weight is 734 g/mol. The minimum Gasteiger partial charge on any atom is -0.455 e. The molecule has 0 bridgehead atoms. The summed E-state index contributed by atoms with van der Waals surface area (Å²) in [6.07, 6.45) is 0. The van der Waals surface area contributed by atoms with Gasteiger partial charge in [0, 0.05) is 53.2 Å². The zero-order valence-electron chi connectivity index (χ0n) is 30.1.